The number of alkyl halides is 1. The maximum absolute atomic E-state index is 3.47. The molecule has 0 saturated carbocycles. The van der Waals surface area contributed by atoms with Crippen LogP contribution in [0.4, 0.5) is 0 Å². The SMILES string of the molecule is CCc1cccc[n+]1C=C(Br)CBr. The van der Waals surface area contributed by atoms with Crippen molar-refractivity contribution in [1.82, 2.24) is 0 Å². The Labute approximate surface area is 95.7 Å². The van der Waals surface area contributed by atoms with Crippen LogP contribution in [-0.2, 0) is 6.42 Å². The fraction of sp³-hybridized carbons (Fsp3) is 0.300. The first-order valence-corrected chi connectivity index (χ1v) is 6.10. The summed E-state index contributed by atoms with van der Waals surface area (Å²) in [5.41, 5.74) is 1.31. The van der Waals surface area contributed by atoms with Crippen LogP contribution in [0.25, 0.3) is 6.20 Å². The first kappa shape index (κ1) is 10.9. The summed E-state index contributed by atoms with van der Waals surface area (Å²) in [4.78, 5) is 0. The lowest BCUT2D eigenvalue weighted by Crippen LogP contribution is -2.30. The highest BCUT2D eigenvalue weighted by Crippen LogP contribution is 2.07. The van der Waals surface area contributed by atoms with Gasteiger partial charge in [-0.2, -0.15) is 4.57 Å². The maximum atomic E-state index is 3.47. The highest BCUT2D eigenvalue weighted by molar-refractivity contribution is 9.13. The quantitative estimate of drug-likeness (QED) is 0.597. The van der Waals surface area contributed by atoms with Crippen LogP contribution in [0, 0.1) is 0 Å². The van der Waals surface area contributed by atoms with E-state index in [1.54, 1.807) is 0 Å². The number of aromatic nitrogens is 1. The van der Waals surface area contributed by atoms with Crippen molar-refractivity contribution in [3.05, 3.63) is 34.6 Å². The van der Waals surface area contributed by atoms with Gasteiger partial charge in [-0.05, 0) is 15.9 Å². The molecule has 3 heteroatoms. The number of hydrogen-bond donors (Lipinski definition) is 0. The van der Waals surface area contributed by atoms with E-state index in [1.165, 1.54) is 5.69 Å². The monoisotopic (exact) mass is 304 g/mol. The fourth-order valence-electron chi connectivity index (χ4n) is 1.10. The standard InChI is InChI=1S/C10H12Br2N/c1-2-10-5-3-4-6-13(10)8-9(12)7-11/h3-6,8H,2,7H2,1H3/q+1. The van der Waals surface area contributed by atoms with Crippen molar-refractivity contribution in [2.24, 2.45) is 0 Å². The molecule has 1 aromatic heterocycles. The minimum Gasteiger partial charge on any atom is -0.170 e. The van der Waals surface area contributed by atoms with Crippen molar-refractivity contribution in [1.29, 1.82) is 0 Å². The number of allylic oxidation sites excluding steroid dienone is 1. The molecule has 70 valence electrons. The number of rotatable bonds is 3. The lowest BCUT2D eigenvalue weighted by atomic mass is 10.3. The topological polar surface area (TPSA) is 3.88 Å². The molecule has 0 aromatic carbocycles. The van der Waals surface area contributed by atoms with Gasteiger partial charge in [0.2, 0.25) is 0 Å². The maximum Gasteiger partial charge on any atom is 0.186 e. The van der Waals surface area contributed by atoms with E-state index in [0.717, 1.165) is 16.2 Å². The Bertz CT molecular complexity index is 308. The van der Waals surface area contributed by atoms with E-state index in [1.807, 2.05) is 6.07 Å². The van der Waals surface area contributed by atoms with E-state index >= 15 is 0 Å². The van der Waals surface area contributed by atoms with Gasteiger partial charge in [-0.15, -0.1) is 0 Å². The molecule has 0 saturated heterocycles. The zero-order chi connectivity index (χ0) is 9.68. The van der Waals surface area contributed by atoms with Crippen LogP contribution >= 0.6 is 31.9 Å². The summed E-state index contributed by atoms with van der Waals surface area (Å²) in [6.45, 7) is 2.15. The average molecular weight is 306 g/mol. The van der Waals surface area contributed by atoms with E-state index in [9.17, 15) is 0 Å². The van der Waals surface area contributed by atoms with Crippen LogP contribution in [-0.4, -0.2) is 5.33 Å². The molecule has 0 amide bonds. The summed E-state index contributed by atoms with van der Waals surface area (Å²) in [5, 5.41) is 0.845. The molecule has 0 bridgehead atoms. The van der Waals surface area contributed by atoms with Crippen LogP contribution in [0.15, 0.2) is 28.9 Å². The molecule has 1 nitrogen and oxygen atoms in total. The minimum absolute atomic E-state index is 0.845. The van der Waals surface area contributed by atoms with Crippen molar-refractivity contribution < 1.29 is 4.57 Å². The number of pyridine rings is 1. The third-order valence-corrected chi connectivity index (χ3v) is 3.59. The Balaban J connectivity index is 2.99. The van der Waals surface area contributed by atoms with Crippen LogP contribution < -0.4 is 4.57 Å². The normalized spacial score (nSPS) is 11.8. The van der Waals surface area contributed by atoms with Gasteiger partial charge in [-0.1, -0.05) is 28.9 Å². The van der Waals surface area contributed by atoms with Crippen molar-refractivity contribution in [2.75, 3.05) is 5.33 Å². The van der Waals surface area contributed by atoms with Gasteiger partial charge in [0.1, 0.15) is 0 Å². The fourth-order valence-corrected chi connectivity index (χ4v) is 1.47. The predicted molar refractivity (Wildman–Crippen MR) is 63.0 cm³/mol. The van der Waals surface area contributed by atoms with Crippen LogP contribution in [0.3, 0.4) is 0 Å². The molecule has 0 aliphatic carbocycles. The van der Waals surface area contributed by atoms with Gasteiger partial charge < -0.3 is 0 Å². The third-order valence-electron chi connectivity index (χ3n) is 1.75. The van der Waals surface area contributed by atoms with Gasteiger partial charge in [0.25, 0.3) is 0 Å². The molecule has 13 heavy (non-hydrogen) atoms. The minimum atomic E-state index is 0.845. The van der Waals surface area contributed by atoms with Gasteiger partial charge in [-0.3, -0.25) is 0 Å². The zero-order valence-electron chi connectivity index (χ0n) is 7.50. The van der Waals surface area contributed by atoms with Crippen LogP contribution in [0.5, 0.6) is 0 Å². The summed E-state index contributed by atoms with van der Waals surface area (Å²) in [6, 6.07) is 6.22. The molecule has 0 fully saturated rings. The Morgan fingerprint density at radius 3 is 2.92 bits per heavy atom. The molecule has 1 rings (SSSR count). The second-order valence-electron chi connectivity index (χ2n) is 2.66. The van der Waals surface area contributed by atoms with E-state index in [4.69, 9.17) is 0 Å². The summed E-state index contributed by atoms with van der Waals surface area (Å²) in [7, 11) is 0. The van der Waals surface area contributed by atoms with E-state index in [2.05, 4.69) is 67.9 Å². The Kier molecular flexibility index (Phi) is 4.67. The van der Waals surface area contributed by atoms with E-state index < -0.39 is 0 Å². The van der Waals surface area contributed by atoms with Gasteiger partial charge in [0, 0.05) is 23.9 Å². The van der Waals surface area contributed by atoms with Crippen LogP contribution in [0.2, 0.25) is 0 Å². The molecular formula is C10H12Br2N+. The summed E-state index contributed by atoms with van der Waals surface area (Å²) in [6.07, 6.45) is 5.18. The first-order valence-electron chi connectivity index (χ1n) is 4.19. The molecule has 0 atom stereocenters. The first-order chi connectivity index (χ1) is 6.27. The highest BCUT2D eigenvalue weighted by Gasteiger charge is 2.04. The number of nitrogens with zero attached hydrogens (tertiary/aromatic N) is 1. The van der Waals surface area contributed by atoms with Gasteiger partial charge in [0.15, 0.2) is 18.1 Å². The predicted octanol–water partition coefficient (Wildman–Crippen LogP) is 3.12. The third kappa shape index (κ3) is 3.24. The second-order valence-corrected chi connectivity index (χ2v) is 4.24. The van der Waals surface area contributed by atoms with Crippen molar-refractivity contribution >= 4 is 38.1 Å². The Morgan fingerprint density at radius 1 is 1.54 bits per heavy atom. The molecular weight excluding hydrogens is 294 g/mol. The van der Waals surface area contributed by atoms with Gasteiger partial charge in [-0.25, -0.2) is 0 Å². The van der Waals surface area contributed by atoms with E-state index in [0.29, 0.717) is 0 Å². The molecule has 0 spiro atoms. The van der Waals surface area contributed by atoms with Crippen LogP contribution in [0.1, 0.15) is 12.6 Å². The van der Waals surface area contributed by atoms with E-state index in [-0.39, 0.29) is 0 Å². The summed E-state index contributed by atoms with van der Waals surface area (Å²) in [5.74, 6) is 0. The molecule has 0 unspecified atom stereocenters. The van der Waals surface area contributed by atoms with Gasteiger partial charge >= 0.3 is 0 Å². The molecule has 0 N–H and O–H groups in total. The summed E-state index contributed by atoms with van der Waals surface area (Å²) < 4.78 is 3.27. The van der Waals surface area contributed by atoms with Crippen molar-refractivity contribution in [3.63, 3.8) is 0 Å². The van der Waals surface area contributed by atoms with Gasteiger partial charge in [0.05, 0.1) is 4.48 Å². The second kappa shape index (κ2) is 5.55. The number of hydrogen-bond acceptors (Lipinski definition) is 0. The smallest absolute Gasteiger partial charge is 0.170 e. The summed E-state index contributed by atoms with van der Waals surface area (Å²) >= 11 is 6.86. The van der Waals surface area contributed by atoms with Crippen molar-refractivity contribution in [3.8, 4) is 0 Å². The zero-order valence-corrected chi connectivity index (χ0v) is 10.7. The lowest BCUT2D eigenvalue weighted by Gasteiger charge is -1.95. The van der Waals surface area contributed by atoms with Crippen molar-refractivity contribution in [2.45, 2.75) is 13.3 Å². The largest absolute Gasteiger partial charge is 0.186 e. The lowest BCUT2D eigenvalue weighted by molar-refractivity contribution is -0.577. The number of halogens is 2. The molecule has 0 aliphatic heterocycles. The molecule has 1 heterocycles. The molecule has 0 aliphatic rings. The molecule has 0 radical (unpaired) electrons. The highest BCUT2D eigenvalue weighted by atomic mass is 79.9. The average Bonchev–Trinajstić information content (AvgIpc) is 2.18. The Morgan fingerprint density at radius 2 is 2.31 bits per heavy atom. The number of aryl methyl sites for hydroxylation is 1. The molecule has 1 aromatic rings. The Hall–Kier alpha value is -0.150.